The largest absolute Gasteiger partial charge is 0.468 e. The summed E-state index contributed by atoms with van der Waals surface area (Å²) >= 11 is 0. The number of carbonyl (C=O) groups is 1. The second-order valence-corrected chi connectivity index (χ2v) is 6.10. The zero-order valence-corrected chi connectivity index (χ0v) is 19.8. The maximum atomic E-state index is 12.8. The average molecular weight is 470 g/mol. The van der Waals surface area contributed by atoms with Crippen LogP contribution >= 0.6 is 0 Å². The summed E-state index contributed by atoms with van der Waals surface area (Å²) in [5, 5.41) is 0. The van der Waals surface area contributed by atoms with E-state index in [-0.39, 0.29) is 0 Å². The summed E-state index contributed by atoms with van der Waals surface area (Å²) in [6.07, 6.45) is 3.26. The van der Waals surface area contributed by atoms with Gasteiger partial charge in [-0.05, 0) is 133 Å². The van der Waals surface area contributed by atoms with Gasteiger partial charge in [-0.15, -0.1) is 0 Å². The first kappa shape index (κ1) is 26.7. The molecule has 2 aromatic rings. The molecule has 0 radical (unpaired) electrons. The summed E-state index contributed by atoms with van der Waals surface area (Å²) in [7, 11) is 0. The van der Waals surface area contributed by atoms with E-state index in [4.69, 9.17) is 4.74 Å². The van der Waals surface area contributed by atoms with Gasteiger partial charge < -0.3 is 4.74 Å². The maximum Gasteiger partial charge on any atom is 0.285 e. The Bertz CT molecular complexity index is 1790. The van der Waals surface area contributed by atoms with E-state index >= 15 is 0 Å². The van der Waals surface area contributed by atoms with Crippen LogP contribution in [0.2, 0.25) is 0 Å². The minimum absolute atomic E-state index is 0.399. The van der Waals surface area contributed by atoms with Gasteiger partial charge >= 0.3 is 0 Å². The van der Waals surface area contributed by atoms with E-state index in [9.17, 15) is 4.79 Å². The van der Waals surface area contributed by atoms with Crippen LogP contribution in [0.25, 0.3) is 0 Å². The Kier molecular flexibility index (Phi) is 12.3. The Balaban J connectivity index is 2.10. The van der Waals surface area contributed by atoms with Crippen molar-refractivity contribution >= 4 is 5.91 Å². The lowest BCUT2D eigenvalue weighted by molar-refractivity contribution is 0.0773. The summed E-state index contributed by atoms with van der Waals surface area (Å²) in [5.74, 6) is 52.0. The Morgan fingerprint density at radius 1 is 0.784 bits per heavy atom. The van der Waals surface area contributed by atoms with E-state index in [1.807, 2.05) is 0 Å². The van der Waals surface area contributed by atoms with Crippen LogP contribution in [0.3, 0.4) is 0 Å². The summed E-state index contributed by atoms with van der Waals surface area (Å²) in [6, 6.07) is 6.88. The Morgan fingerprint density at radius 3 is 1.92 bits per heavy atom. The molecule has 0 amide bonds. The normalized spacial score (nSPS) is 7.73. The lowest BCUT2D eigenvalue weighted by Gasteiger charge is -2.13. The van der Waals surface area contributed by atoms with Crippen molar-refractivity contribution in [2.45, 2.75) is 20.0 Å². The average Bonchev–Trinajstić information content (AvgIpc) is 3.45. The lowest BCUT2D eigenvalue weighted by atomic mass is 10.2. The highest BCUT2D eigenvalue weighted by Gasteiger charge is 2.19. The first-order chi connectivity index (χ1) is 18.2. The van der Waals surface area contributed by atoms with E-state index in [1.54, 1.807) is 38.1 Å². The second-order valence-electron chi connectivity index (χ2n) is 6.10. The van der Waals surface area contributed by atoms with Gasteiger partial charge in [0.05, 0.1) is 0 Å². The number of benzene rings is 1. The molecule has 1 atom stereocenters. The molecular formula is C33H14N2O2. The van der Waals surface area contributed by atoms with Gasteiger partial charge in [0.1, 0.15) is 12.1 Å². The molecule has 1 heterocycles. The van der Waals surface area contributed by atoms with Crippen molar-refractivity contribution in [3.8, 4) is 124 Å². The standard InChI is InChI=1S/C33H14N2O2/c1-3-5-7-9-10-11-12-13-14-15-16-18-19-22-30-23-21-24-31(28-30)37-32(25-20-17-8-6-4-2)33(36)35-27-26-34-29-35/h21,23-24,26-29,32H,1-2H3. The molecular weight excluding hydrogens is 456 g/mol. The van der Waals surface area contributed by atoms with Gasteiger partial charge in [-0.25, -0.2) is 4.98 Å². The number of hydrogen-bond donors (Lipinski definition) is 0. The smallest absolute Gasteiger partial charge is 0.285 e. The molecule has 4 heteroatoms. The van der Waals surface area contributed by atoms with E-state index in [2.05, 4.69) is 123 Å². The topological polar surface area (TPSA) is 44.1 Å². The van der Waals surface area contributed by atoms with Crippen molar-refractivity contribution in [1.82, 2.24) is 9.55 Å². The SMILES string of the molecule is CC#CC#CC#CC#CC#CC#CC#Cc1cccc(OC(C#CC#CC#CC)C(=O)n2ccnc2)c1. The van der Waals surface area contributed by atoms with E-state index in [0.29, 0.717) is 11.3 Å². The third-order valence-corrected chi connectivity index (χ3v) is 3.61. The Labute approximate surface area is 217 Å². The highest BCUT2D eigenvalue weighted by molar-refractivity contribution is 5.86. The molecule has 0 saturated carbocycles. The molecule has 1 aromatic carbocycles. The fraction of sp³-hybridized carbons (Fsp3) is 0.0909. The van der Waals surface area contributed by atoms with Gasteiger partial charge in [0.25, 0.3) is 5.91 Å². The molecule has 1 aromatic heterocycles. The van der Waals surface area contributed by atoms with Crippen LogP contribution in [0.15, 0.2) is 43.0 Å². The van der Waals surface area contributed by atoms with Crippen molar-refractivity contribution in [1.29, 1.82) is 0 Å². The molecule has 0 aliphatic carbocycles. The monoisotopic (exact) mass is 470 g/mol. The van der Waals surface area contributed by atoms with Crippen molar-refractivity contribution in [2.75, 3.05) is 0 Å². The number of nitrogens with zero attached hydrogens (tertiary/aromatic N) is 2. The number of rotatable bonds is 3. The van der Waals surface area contributed by atoms with Gasteiger partial charge in [-0.1, -0.05) is 23.8 Å². The third-order valence-electron chi connectivity index (χ3n) is 3.61. The number of imidazole rings is 1. The van der Waals surface area contributed by atoms with Crippen molar-refractivity contribution in [3.05, 3.63) is 48.5 Å². The molecule has 4 nitrogen and oxygen atoms in total. The predicted octanol–water partition coefficient (Wildman–Crippen LogP) is 2.39. The molecule has 0 N–H and O–H groups in total. The van der Waals surface area contributed by atoms with E-state index < -0.39 is 12.0 Å². The molecule has 37 heavy (non-hydrogen) atoms. The second kappa shape index (κ2) is 17.0. The first-order valence-corrected chi connectivity index (χ1v) is 10.4. The number of carbonyl (C=O) groups excluding carboxylic acids is 1. The minimum atomic E-state index is -1.11. The van der Waals surface area contributed by atoms with E-state index in [1.165, 1.54) is 23.3 Å². The van der Waals surface area contributed by atoms with Crippen LogP contribution in [0.5, 0.6) is 5.75 Å². The Hall–Kier alpha value is -6.50. The number of aromatic nitrogens is 2. The molecule has 0 aliphatic rings. The van der Waals surface area contributed by atoms with Crippen LogP contribution in [0.4, 0.5) is 0 Å². The van der Waals surface area contributed by atoms with Gasteiger partial charge in [-0.2, -0.15) is 0 Å². The van der Waals surface area contributed by atoms with Gasteiger partial charge in [0, 0.05) is 18.0 Å². The van der Waals surface area contributed by atoms with Crippen LogP contribution in [-0.4, -0.2) is 21.6 Å². The molecule has 0 spiro atoms. The fourth-order valence-electron chi connectivity index (χ4n) is 2.15. The number of ether oxygens (including phenoxy) is 1. The molecule has 1 unspecified atom stereocenters. The Morgan fingerprint density at radius 2 is 1.35 bits per heavy atom. The van der Waals surface area contributed by atoms with Crippen molar-refractivity contribution in [2.24, 2.45) is 0 Å². The highest BCUT2D eigenvalue weighted by atomic mass is 16.5. The molecule has 0 saturated heterocycles. The zero-order chi connectivity index (χ0) is 26.4. The summed E-state index contributed by atoms with van der Waals surface area (Å²) in [4.78, 5) is 16.6. The first-order valence-electron chi connectivity index (χ1n) is 10.4. The quantitative estimate of drug-likeness (QED) is 0.648. The summed E-state index contributed by atoms with van der Waals surface area (Å²) in [6.45, 7) is 3.36. The summed E-state index contributed by atoms with van der Waals surface area (Å²) < 4.78 is 7.11. The minimum Gasteiger partial charge on any atom is -0.468 e. The van der Waals surface area contributed by atoms with Crippen molar-refractivity contribution in [3.63, 3.8) is 0 Å². The van der Waals surface area contributed by atoms with Crippen LogP contribution in [0, 0.1) is 118 Å². The van der Waals surface area contributed by atoms with Gasteiger partial charge in [0.15, 0.2) is 0 Å². The van der Waals surface area contributed by atoms with E-state index in [0.717, 1.165) is 0 Å². The third kappa shape index (κ3) is 11.3. The fourth-order valence-corrected chi connectivity index (χ4v) is 2.15. The van der Waals surface area contributed by atoms with Crippen molar-refractivity contribution < 1.29 is 9.53 Å². The molecule has 0 fully saturated rings. The van der Waals surface area contributed by atoms with Gasteiger partial charge in [-0.3, -0.25) is 9.36 Å². The molecule has 2 rings (SSSR count). The molecule has 0 bridgehead atoms. The molecule has 0 aliphatic heterocycles. The molecule has 168 valence electrons. The van der Waals surface area contributed by atoms with Crippen LogP contribution < -0.4 is 4.74 Å². The predicted molar refractivity (Wildman–Crippen MR) is 142 cm³/mol. The van der Waals surface area contributed by atoms with Crippen LogP contribution in [0.1, 0.15) is 24.2 Å². The van der Waals surface area contributed by atoms with Gasteiger partial charge in [0.2, 0.25) is 6.10 Å². The summed E-state index contributed by atoms with van der Waals surface area (Å²) in [5.41, 5.74) is 0.628. The highest BCUT2D eigenvalue weighted by Crippen LogP contribution is 2.15. The van der Waals surface area contributed by atoms with Crippen LogP contribution in [-0.2, 0) is 0 Å². The number of hydrogen-bond acceptors (Lipinski definition) is 3. The maximum absolute atomic E-state index is 12.8. The lowest BCUT2D eigenvalue weighted by Crippen LogP contribution is -2.30. The zero-order valence-electron chi connectivity index (χ0n) is 19.8.